The number of hydrogen-bond acceptors (Lipinski definition) is 6. The number of phenolic OH excluding ortho intramolecular Hbond substituents is 1. The maximum absolute atomic E-state index is 13.1. The van der Waals surface area contributed by atoms with E-state index < -0.39 is 0 Å². The number of carbonyl (C=O) groups excluding carboxylic acids is 1. The van der Waals surface area contributed by atoms with Gasteiger partial charge in [-0.15, -0.1) is 5.10 Å². The highest BCUT2D eigenvalue weighted by atomic mass is 32.2. The molecule has 1 aliphatic rings. The second-order valence-corrected chi connectivity index (χ2v) is 7.85. The molecule has 0 radical (unpaired) electrons. The number of benzene rings is 2. The number of aromatic nitrogens is 4. The molecule has 2 atom stereocenters. The molecule has 4 rings (SSSR count). The van der Waals surface area contributed by atoms with Gasteiger partial charge in [0.05, 0.1) is 10.9 Å². The van der Waals surface area contributed by atoms with Gasteiger partial charge in [-0.1, -0.05) is 30.0 Å². The minimum absolute atomic E-state index is 0.0395. The fourth-order valence-electron chi connectivity index (χ4n) is 3.31. The Labute approximate surface area is 161 Å². The largest absolute Gasteiger partial charge is 0.508 e. The summed E-state index contributed by atoms with van der Waals surface area (Å²) in [4.78, 5) is 15.0. The minimum Gasteiger partial charge on any atom is -0.508 e. The first-order valence-electron chi connectivity index (χ1n) is 8.70. The number of amides is 1. The van der Waals surface area contributed by atoms with Gasteiger partial charge >= 0.3 is 0 Å². The Morgan fingerprint density at radius 2 is 1.96 bits per heavy atom. The molecule has 0 bridgehead atoms. The molecule has 27 heavy (non-hydrogen) atoms. The number of carbonyl (C=O) groups is 1. The van der Waals surface area contributed by atoms with Crippen molar-refractivity contribution in [1.82, 2.24) is 20.2 Å². The number of thioether (sulfide) groups is 1. The lowest BCUT2D eigenvalue weighted by atomic mass is 10.1. The van der Waals surface area contributed by atoms with Crippen molar-refractivity contribution >= 4 is 23.4 Å². The van der Waals surface area contributed by atoms with Crippen LogP contribution in [0.2, 0.25) is 0 Å². The maximum atomic E-state index is 13.1. The first-order valence-corrected chi connectivity index (χ1v) is 9.58. The maximum Gasteiger partial charge on any atom is 0.240 e. The van der Waals surface area contributed by atoms with Crippen LogP contribution in [-0.2, 0) is 11.2 Å². The lowest BCUT2D eigenvalue weighted by Crippen LogP contribution is -2.40. The smallest absolute Gasteiger partial charge is 0.240 e. The van der Waals surface area contributed by atoms with Crippen LogP contribution in [0, 0.1) is 0 Å². The second kappa shape index (κ2) is 7.03. The molecular formula is C19H19N5O2S. The summed E-state index contributed by atoms with van der Waals surface area (Å²) in [6.07, 6.45) is 0.866. The van der Waals surface area contributed by atoms with Crippen molar-refractivity contribution in [3.05, 3.63) is 54.1 Å². The Hall–Kier alpha value is -2.87. The van der Waals surface area contributed by atoms with Crippen LogP contribution in [0.25, 0.3) is 5.69 Å². The number of aromatic hydroxyl groups is 1. The van der Waals surface area contributed by atoms with Gasteiger partial charge in [0.15, 0.2) is 0 Å². The van der Waals surface area contributed by atoms with Gasteiger partial charge in [0.25, 0.3) is 0 Å². The van der Waals surface area contributed by atoms with Crippen molar-refractivity contribution in [3.8, 4) is 11.4 Å². The van der Waals surface area contributed by atoms with E-state index >= 15 is 0 Å². The topological polar surface area (TPSA) is 84.1 Å². The Bertz CT molecular complexity index is 972. The summed E-state index contributed by atoms with van der Waals surface area (Å²) < 4.78 is 1.56. The molecule has 0 saturated heterocycles. The summed E-state index contributed by atoms with van der Waals surface area (Å²) in [6, 6.07) is 14.8. The third-order valence-electron chi connectivity index (χ3n) is 4.61. The summed E-state index contributed by atoms with van der Waals surface area (Å²) in [7, 11) is 0. The predicted octanol–water partition coefficient (Wildman–Crippen LogP) is 2.83. The Balaban J connectivity index is 1.55. The molecule has 0 spiro atoms. The van der Waals surface area contributed by atoms with Crippen LogP contribution in [-0.4, -0.2) is 42.5 Å². The number of hydrogen-bond donors (Lipinski definition) is 1. The predicted molar refractivity (Wildman–Crippen MR) is 103 cm³/mol. The molecular weight excluding hydrogens is 362 g/mol. The van der Waals surface area contributed by atoms with Gasteiger partial charge in [-0.2, -0.15) is 4.68 Å². The molecule has 2 heterocycles. The van der Waals surface area contributed by atoms with Crippen molar-refractivity contribution in [2.75, 3.05) is 4.90 Å². The van der Waals surface area contributed by atoms with Gasteiger partial charge in [-0.25, -0.2) is 0 Å². The van der Waals surface area contributed by atoms with Gasteiger partial charge in [0.1, 0.15) is 5.75 Å². The zero-order valence-corrected chi connectivity index (χ0v) is 15.8. The first-order chi connectivity index (χ1) is 13.0. The lowest BCUT2D eigenvalue weighted by molar-refractivity contribution is -0.118. The van der Waals surface area contributed by atoms with Crippen LogP contribution in [0.1, 0.15) is 19.4 Å². The Morgan fingerprint density at radius 3 is 2.74 bits per heavy atom. The zero-order valence-electron chi connectivity index (χ0n) is 15.0. The number of phenols is 1. The van der Waals surface area contributed by atoms with Crippen LogP contribution >= 0.6 is 11.8 Å². The SMILES string of the molecule is C[C@@H]1Cc2ccccc2N1C(=O)[C@@H](C)Sc1nnnn1-c1ccc(O)cc1. The van der Waals surface area contributed by atoms with Gasteiger partial charge < -0.3 is 10.0 Å². The lowest BCUT2D eigenvalue weighted by Gasteiger charge is -2.25. The average Bonchev–Trinajstić information content (AvgIpc) is 3.25. The quantitative estimate of drug-likeness (QED) is 0.700. The van der Waals surface area contributed by atoms with E-state index in [1.807, 2.05) is 30.0 Å². The number of tetrazole rings is 1. The second-order valence-electron chi connectivity index (χ2n) is 6.54. The number of anilines is 1. The summed E-state index contributed by atoms with van der Waals surface area (Å²) >= 11 is 1.32. The summed E-state index contributed by atoms with van der Waals surface area (Å²) in [5, 5.41) is 21.4. The number of nitrogens with zero attached hydrogens (tertiary/aromatic N) is 5. The van der Waals surface area contributed by atoms with Crippen LogP contribution in [0.15, 0.2) is 53.7 Å². The highest BCUT2D eigenvalue weighted by Gasteiger charge is 2.34. The average molecular weight is 381 g/mol. The molecule has 0 fully saturated rings. The molecule has 1 amide bonds. The van der Waals surface area contributed by atoms with Gasteiger partial charge in [-0.3, -0.25) is 4.79 Å². The van der Waals surface area contributed by atoms with E-state index in [1.54, 1.807) is 28.9 Å². The monoisotopic (exact) mass is 381 g/mol. The van der Waals surface area contributed by atoms with Crippen LogP contribution in [0.3, 0.4) is 0 Å². The van der Waals surface area contributed by atoms with Gasteiger partial charge in [0.2, 0.25) is 11.1 Å². The van der Waals surface area contributed by atoms with Crippen LogP contribution in [0.4, 0.5) is 5.69 Å². The van der Waals surface area contributed by atoms with Crippen molar-refractivity contribution in [2.24, 2.45) is 0 Å². The van der Waals surface area contributed by atoms with Crippen LogP contribution in [0.5, 0.6) is 5.75 Å². The van der Waals surface area contributed by atoms with E-state index in [-0.39, 0.29) is 22.9 Å². The van der Waals surface area contributed by atoms with E-state index in [0.717, 1.165) is 17.8 Å². The normalized spacial score (nSPS) is 17.0. The van der Waals surface area contributed by atoms with Gasteiger partial charge in [0, 0.05) is 11.7 Å². The minimum atomic E-state index is -0.347. The standard InChI is InChI=1S/C19H19N5O2S/c1-12-11-14-5-3-4-6-17(14)23(12)18(26)13(2)27-19-20-21-22-24(19)15-7-9-16(25)10-8-15/h3-10,12-13,25H,11H2,1-2H3/t12-,13-/m1/s1. The number of para-hydroxylation sites is 1. The van der Waals surface area contributed by atoms with Crippen LogP contribution < -0.4 is 4.90 Å². The van der Waals surface area contributed by atoms with E-state index in [4.69, 9.17) is 0 Å². The van der Waals surface area contributed by atoms with E-state index in [0.29, 0.717) is 5.16 Å². The van der Waals surface area contributed by atoms with Crippen molar-refractivity contribution < 1.29 is 9.90 Å². The summed E-state index contributed by atoms with van der Waals surface area (Å²) in [5.74, 6) is 0.212. The van der Waals surface area contributed by atoms with E-state index in [9.17, 15) is 9.90 Å². The van der Waals surface area contributed by atoms with Crippen molar-refractivity contribution in [2.45, 2.75) is 36.7 Å². The fraction of sp³-hybridized carbons (Fsp3) is 0.263. The van der Waals surface area contributed by atoms with Gasteiger partial charge in [-0.05, 0) is 66.6 Å². The molecule has 1 N–H and O–H groups in total. The molecule has 8 heteroatoms. The highest BCUT2D eigenvalue weighted by Crippen LogP contribution is 2.34. The zero-order chi connectivity index (χ0) is 19.0. The summed E-state index contributed by atoms with van der Waals surface area (Å²) in [5.41, 5.74) is 2.91. The Kier molecular flexibility index (Phi) is 4.57. The molecule has 0 unspecified atom stereocenters. The highest BCUT2D eigenvalue weighted by molar-refractivity contribution is 8.00. The van der Waals surface area contributed by atoms with Crippen molar-refractivity contribution in [3.63, 3.8) is 0 Å². The van der Waals surface area contributed by atoms with Crippen molar-refractivity contribution in [1.29, 1.82) is 0 Å². The molecule has 0 saturated carbocycles. The molecule has 138 valence electrons. The fourth-order valence-corrected chi connectivity index (χ4v) is 4.17. The number of fused-ring (bicyclic) bond motifs is 1. The summed E-state index contributed by atoms with van der Waals surface area (Å²) in [6.45, 7) is 3.94. The third-order valence-corrected chi connectivity index (χ3v) is 5.63. The third kappa shape index (κ3) is 3.28. The molecule has 7 nitrogen and oxygen atoms in total. The molecule has 3 aromatic rings. The molecule has 1 aliphatic heterocycles. The first kappa shape index (κ1) is 17.5. The molecule has 2 aromatic carbocycles. The van der Waals surface area contributed by atoms with E-state index in [2.05, 4.69) is 28.5 Å². The number of rotatable bonds is 4. The Morgan fingerprint density at radius 1 is 1.22 bits per heavy atom. The van der Waals surface area contributed by atoms with E-state index in [1.165, 1.54) is 17.3 Å². The molecule has 0 aliphatic carbocycles. The molecule has 1 aromatic heterocycles.